The van der Waals surface area contributed by atoms with E-state index < -0.39 is 33.2 Å². The van der Waals surface area contributed by atoms with Crippen LogP contribution in [-0.2, 0) is 16.3 Å². The van der Waals surface area contributed by atoms with Gasteiger partial charge in [-0.25, -0.2) is 14.4 Å². The van der Waals surface area contributed by atoms with Crippen molar-refractivity contribution in [3.63, 3.8) is 0 Å². The van der Waals surface area contributed by atoms with Crippen molar-refractivity contribution in [2.45, 2.75) is 18.0 Å². The highest BCUT2D eigenvalue weighted by atomic mass is 32.2. The fourth-order valence-electron chi connectivity index (χ4n) is 4.33. The molecule has 0 unspecified atom stereocenters. The van der Waals surface area contributed by atoms with E-state index in [0.717, 1.165) is 44.2 Å². The second kappa shape index (κ2) is 12.0. The standard InChI is InChI=1S/C22H17N3O3S3.C8H4F4O/c1-12-3-9-17-19(20(12)31(26,27)28)30-22(25-17)14-6-10-16-18(11-14)29-21(24-16)13-4-7-15(23-2)8-5-13;9-7-5(4-13)2-1-3-6(7)8(10,11)12/h3-11,23H,1-2H3,(H,26,27,28);1-4H. The van der Waals surface area contributed by atoms with Crippen LogP contribution in [-0.4, -0.2) is 36.3 Å². The molecule has 0 fully saturated rings. The molecule has 0 radical (unpaired) electrons. The minimum atomic E-state index is -4.76. The molecule has 44 heavy (non-hydrogen) atoms. The Morgan fingerprint density at radius 1 is 0.886 bits per heavy atom. The summed E-state index contributed by atoms with van der Waals surface area (Å²) in [6.07, 6.45) is -4.71. The van der Waals surface area contributed by atoms with Crippen LogP contribution in [0.1, 0.15) is 21.5 Å². The van der Waals surface area contributed by atoms with Gasteiger partial charge in [0.05, 0.1) is 31.6 Å². The SMILES string of the molecule is CNc1ccc(-c2nc3ccc(-c4nc5ccc(C)c(S(=O)(=O)O)c5s4)cc3s2)cc1.O=Cc1cccc(C(F)(F)F)c1F. The number of carbonyl (C=O) groups excluding carboxylic acids is 1. The van der Waals surface area contributed by atoms with Crippen LogP contribution in [0.3, 0.4) is 0 Å². The molecule has 0 aliphatic carbocycles. The Bertz CT molecular complexity index is 2120. The van der Waals surface area contributed by atoms with Crippen LogP contribution in [0.4, 0.5) is 23.2 Å². The summed E-state index contributed by atoms with van der Waals surface area (Å²) >= 11 is 2.86. The lowest BCUT2D eigenvalue weighted by Crippen LogP contribution is -2.09. The van der Waals surface area contributed by atoms with E-state index in [2.05, 4.69) is 10.3 Å². The van der Waals surface area contributed by atoms with Gasteiger partial charge in [0.15, 0.2) is 6.29 Å². The summed E-state index contributed by atoms with van der Waals surface area (Å²) in [6, 6.07) is 20.0. The first-order chi connectivity index (χ1) is 20.8. The molecule has 0 saturated heterocycles. The Hall–Kier alpha value is -4.24. The van der Waals surface area contributed by atoms with Gasteiger partial charge in [-0.15, -0.1) is 22.7 Å². The van der Waals surface area contributed by atoms with E-state index in [1.54, 1.807) is 30.4 Å². The number of hydrogen-bond donors (Lipinski definition) is 2. The molecule has 6 rings (SSSR count). The van der Waals surface area contributed by atoms with E-state index in [1.165, 1.54) is 11.3 Å². The molecular weight excluding hydrogens is 639 g/mol. The molecule has 2 aromatic heterocycles. The summed E-state index contributed by atoms with van der Waals surface area (Å²) in [5, 5.41) is 4.74. The Kier molecular flexibility index (Phi) is 8.53. The zero-order valence-electron chi connectivity index (χ0n) is 22.8. The Labute approximate surface area is 256 Å². The second-order valence-electron chi connectivity index (χ2n) is 9.41. The minimum Gasteiger partial charge on any atom is -0.388 e. The Morgan fingerprint density at radius 2 is 1.52 bits per heavy atom. The van der Waals surface area contributed by atoms with Gasteiger partial charge in [-0.3, -0.25) is 9.35 Å². The highest BCUT2D eigenvalue weighted by Crippen LogP contribution is 2.38. The predicted molar refractivity (Wildman–Crippen MR) is 165 cm³/mol. The van der Waals surface area contributed by atoms with Crippen molar-refractivity contribution in [3.05, 3.63) is 95.3 Å². The fraction of sp³-hybridized carbons (Fsp3) is 0.100. The van der Waals surface area contributed by atoms with Gasteiger partial charge in [0.2, 0.25) is 0 Å². The monoisotopic (exact) mass is 659 g/mol. The molecular formula is C30H21F4N3O4S3. The lowest BCUT2D eigenvalue weighted by molar-refractivity contribution is -0.140. The summed E-state index contributed by atoms with van der Waals surface area (Å²) in [6.45, 7) is 1.66. The van der Waals surface area contributed by atoms with Crippen LogP contribution in [0.2, 0.25) is 0 Å². The van der Waals surface area contributed by atoms with Crippen LogP contribution < -0.4 is 5.32 Å². The Morgan fingerprint density at radius 3 is 2.16 bits per heavy atom. The van der Waals surface area contributed by atoms with Gasteiger partial charge in [0.1, 0.15) is 20.7 Å². The maximum atomic E-state index is 12.8. The molecule has 0 atom stereocenters. The quantitative estimate of drug-likeness (QED) is 0.109. The molecule has 0 aliphatic heterocycles. The highest BCUT2D eigenvalue weighted by molar-refractivity contribution is 7.86. The number of aryl methyl sites for hydroxylation is 1. The molecule has 2 heterocycles. The molecule has 7 nitrogen and oxygen atoms in total. The first kappa shape index (κ1) is 31.2. The number of hydrogen-bond acceptors (Lipinski definition) is 8. The molecule has 0 saturated carbocycles. The van der Waals surface area contributed by atoms with Crippen molar-refractivity contribution >= 4 is 65.2 Å². The third-order valence-corrected chi connectivity index (χ3v) is 9.86. The second-order valence-corrected chi connectivity index (χ2v) is 12.8. The van der Waals surface area contributed by atoms with E-state index in [-0.39, 0.29) is 11.2 Å². The van der Waals surface area contributed by atoms with Crippen molar-refractivity contribution < 1.29 is 35.3 Å². The first-order valence-corrected chi connectivity index (χ1v) is 15.7. The van der Waals surface area contributed by atoms with Gasteiger partial charge in [-0.1, -0.05) is 12.1 Å². The zero-order valence-corrected chi connectivity index (χ0v) is 25.3. The van der Waals surface area contributed by atoms with Gasteiger partial charge in [-0.05, 0) is 73.2 Å². The van der Waals surface area contributed by atoms with E-state index in [9.17, 15) is 35.3 Å². The molecule has 4 aromatic carbocycles. The lowest BCUT2D eigenvalue weighted by atomic mass is 10.1. The number of benzene rings is 4. The fourth-order valence-corrected chi connectivity index (χ4v) is 7.65. The van der Waals surface area contributed by atoms with Gasteiger partial charge in [0.25, 0.3) is 10.1 Å². The summed E-state index contributed by atoms with van der Waals surface area (Å²) in [5.74, 6) is -1.52. The number of nitrogens with one attached hydrogen (secondary N) is 1. The number of carbonyl (C=O) groups is 1. The van der Waals surface area contributed by atoms with Crippen molar-refractivity contribution in [2.24, 2.45) is 0 Å². The van der Waals surface area contributed by atoms with Gasteiger partial charge < -0.3 is 5.32 Å². The van der Waals surface area contributed by atoms with Gasteiger partial charge in [0, 0.05) is 23.9 Å². The number of alkyl halides is 3. The van der Waals surface area contributed by atoms with Crippen molar-refractivity contribution in [1.82, 2.24) is 9.97 Å². The van der Waals surface area contributed by atoms with Crippen LogP contribution in [0.5, 0.6) is 0 Å². The lowest BCUT2D eigenvalue weighted by Gasteiger charge is -2.07. The molecule has 0 amide bonds. The number of halogens is 4. The summed E-state index contributed by atoms with van der Waals surface area (Å²) < 4.78 is 83.8. The molecule has 14 heteroatoms. The van der Waals surface area contributed by atoms with E-state index in [1.807, 2.05) is 49.5 Å². The van der Waals surface area contributed by atoms with Gasteiger partial charge >= 0.3 is 6.18 Å². The van der Waals surface area contributed by atoms with Crippen molar-refractivity contribution in [1.29, 1.82) is 0 Å². The summed E-state index contributed by atoms with van der Waals surface area (Å²) in [5.41, 5.74) is 2.92. The highest BCUT2D eigenvalue weighted by Gasteiger charge is 2.34. The predicted octanol–water partition coefficient (Wildman–Crippen LogP) is 8.49. The molecule has 0 spiro atoms. The smallest absolute Gasteiger partial charge is 0.388 e. The number of fused-ring (bicyclic) bond motifs is 2. The third kappa shape index (κ3) is 6.33. The largest absolute Gasteiger partial charge is 0.419 e. The number of thiazole rings is 2. The van der Waals surface area contributed by atoms with Crippen molar-refractivity contribution in [2.75, 3.05) is 12.4 Å². The minimum absolute atomic E-state index is 0.0462. The number of anilines is 1. The van der Waals surface area contributed by atoms with Gasteiger partial charge in [-0.2, -0.15) is 21.6 Å². The number of nitrogens with zero attached hydrogens (tertiary/aromatic N) is 2. The third-order valence-electron chi connectivity index (χ3n) is 6.48. The molecule has 6 aromatic rings. The molecule has 0 aliphatic rings. The molecule has 2 N–H and O–H groups in total. The molecule has 0 bridgehead atoms. The normalized spacial score (nSPS) is 11.8. The number of aromatic nitrogens is 2. The topological polar surface area (TPSA) is 109 Å². The maximum absolute atomic E-state index is 12.8. The van der Waals surface area contributed by atoms with E-state index in [0.29, 0.717) is 26.9 Å². The average Bonchev–Trinajstić information content (AvgIpc) is 3.60. The van der Waals surface area contributed by atoms with Crippen molar-refractivity contribution in [3.8, 4) is 21.1 Å². The molecule has 226 valence electrons. The first-order valence-electron chi connectivity index (χ1n) is 12.7. The number of aldehydes is 1. The van der Waals surface area contributed by atoms with E-state index in [4.69, 9.17) is 4.98 Å². The summed E-state index contributed by atoms with van der Waals surface area (Å²) in [4.78, 5) is 19.4. The van der Waals surface area contributed by atoms with Crippen LogP contribution in [0, 0.1) is 12.7 Å². The summed E-state index contributed by atoms with van der Waals surface area (Å²) in [7, 11) is -2.45. The number of rotatable bonds is 5. The Balaban J connectivity index is 0.000000249. The van der Waals surface area contributed by atoms with Crippen LogP contribution >= 0.6 is 22.7 Å². The zero-order chi connectivity index (χ0) is 31.8. The van der Waals surface area contributed by atoms with Crippen LogP contribution in [0.25, 0.3) is 41.6 Å². The van der Waals surface area contributed by atoms with Crippen LogP contribution in [0.15, 0.2) is 77.7 Å². The van der Waals surface area contributed by atoms with E-state index >= 15 is 0 Å². The average molecular weight is 660 g/mol. The maximum Gasteiger partial charge on any atom is 0.419 e.